The van der Waals surface area contributed by atoms with Gasteiger partial charge < -0.3 is 4.90 Å². The molecule has 0 aromatic heterocycles. The monoisotopic (exact) mass is 477 g/mol. The van der Waals surface area contributed by atoms with Crippen molar-refractivity contribution in [3.05, 3.63) is 53.6 Å². The van der Waals surface area contributed by atoms with Crippen LogP contribution in [0.2, 0.25) is 0 Å². The summed E-state index contributed by atoms with van der Waals surface area (Å²) in [6.07, 6.45) is 1.17. The molecule has 172 valence electrons. The topological polar surface area (TPSA) is 95.1 Å². The van der Waals surface area contributed by atoms with E-state index in [9.17, 15) is 21.6 Å². The molecule has 0 spiro atoms. The van der Waals surface area contributed by atoms with Crippen LogP contribution in [0.3, 0.4) is 0 Å². The van der Waals surface area contributed by atoms with Crippen molar-refractivity contribution in [2.75, 3.05) is 41.1 Å². The third kappa shape index (κ3) is 3.91. The molecule has 0 N–H and O–H groups in total. The molecular weight excluding hydrogens is 450 g/mol. The first-order valence-corrected chi connectivity index (χ1v) is 13.8. The Hall–Kier alpha value is -2.43. The van der Waals surface area contributed by atoms with Gasteiger partial charge in [-0.15, -0.1) is 0 Å². The predicted octanol–water partition coefficient (Wildman–Crippen LogP) is 2.46. The quantitative estimate of drug-likeness (QED) is 0.637. The highest BCUT2D eigenvalue weighted by Gasteiger charge is 2.30. The molecule has 0 bridgehead atoms. The van der Waals surface area contributed by atoms with Gasteiger partial charge in [-0.3, -0.25) is 9.10 Å². The molecule has 1 saturated heterocycles. The van der Waals surface area contributed by atoms with Crippen molar-refractivity contribution in [2.45, 2.75) is 31.6 Å². The number of amides is 1. The smallest absolute Gasteiger partial charge is 0.258 e. The van der Waals surface area contributed by atoms with Crippen LogP contribution >= 0.6 is 0 Å². The van der Waals surface area contributed by atoms with Crippen LogP contribution in [0.15, 0.2) is 47.4 Å². The summed E-state index contributed by atoms with van der Waals surface area (Å²) in [5.41, 5.74) is 2.55. The largest absolute Gasteiger partial charge is 0.308 e. The van der Waals surface area contributed by atoms with E-state index in [1.807, 2.05) is 0 Å². The standard InChI is InChI=1S/C22H27N3O5S2/c1-3-23(4-2)32(29,30)20-10-11-21-18(16-20)12-14-24(21)22(26)17-6-8-19(9-7-17)25-13-5-15-31(25,27)28/h6-11,16H,3-5,12-15H2,1-2H3. The second kappa shape index (κ2) is 8.49. The number of hydrogen-bond acceptors (Lipinski definition) is 5. The van der Waals surface area contributed by atoms with Gasteiger partial charge in [0.15, 0.2) is 0 Å². The average Bonchev–Trinajstić information content (AvgIpc) is 3.36. The van der Waals surface area contributed by atoms with Crippen molar-refractivity contribution >= 4 is 37.3 Å². The van der Waals surface area contributed by atoms with E-state index in [1.165, 1.54) is 8.61 Å². The molecule has 1 fully saturated rings. The minimum atomic E-state index is -3.56. The molecule has 2 aromatic rings. The average molecular weight is 478 g/mol. The lowest BCUT2D eigenvalue weighted by Crippen LogP contribution is -2.31. The third-order valence-electron chi connectivity index (χ3n) is 6.04. The van der Waals surface area contributed by atoms with E-state index in [0.717, 1.165) is 5.56 Å². The fourth-order valence-corrected chi connectivity index (χ4v) is 7.39. The summed E-state index contributed by atoms with van der Waals surface area (Å²) in [4.78, 5) is 15.0. The van der Waals surface area contributed by atoms with Gasteiger partial charge in [-0.2, -0.15) is 4.31 Å². The summed E-state index contributed by atoms with van der Waals surface area (Å²) in [7, 11) is -6.83. The van der Waals surface area contributed by atoms with Crippen LogP contribution in [0, 0.1) is 0 Å². The van der Waals surface area contributed by atoms with E-state index < -0.39 is 20.0 Å². The summed E-state index contributed by atoms with van der Waals surface area (Å²) >= 11 is 0. The van der Waals surface area contributed by atoms with E-state index in [4.69, 9.17) is 0 Å². The maximum absolute atomic E-state index is 13.1. The lowest BCUT2D eigenvalue weighted by Gasteiger charge is -2.21. The predicted molar refractivity (Wildman–Crippen MR) is 124 cm³/mol. The zero-order chi connectivity index (χ0) is 23.1. The van der Waals surface area contributed by atoms with Gasteiger partial charge in [0.25, 0.3) is 5.91 Å². The van der Waals surface area contributed by atoms with Crippen LogP contribution in [0.5, 0.6) is 0 Å². The Morgan fingerprint density at radius 2 is 1.72 bits per heavy atom. The second-order valence-electron chi connectivity index (χ2n) is 7.88. The molecule has 4 rings (SSSR count). The SMILES string of the molecule is CCN(CC)S(=O)(=O)c1ccc2c(c1)CCN2C(=O)c1ccc(N2CCCS2(=O)=O)cc1. The van der Waals surface area contributed by atoms with E-state index in [0.29, 0.717) is 56.0 Å². The third-order valence-corrected chi connectivity index (χ3v) is 9.95. The van der Waals surface area contributed by atoms with Crippen molar-refractivity contribution in [3.8, 4) is 0 Å². The molecule has 8 nitrogen and oxygen atoms in total. The Kier molecular flexibility index (Phi) is 6.04. The van der Waals surface area contributed by atoms with Gasteiger partial charge in [0.05, 0.1) is 16.3 Å². The first kappa shape index (κ1) is 22.8. The summed E-state index contributed by atoms with van der Waals surface area (Å²) < 4.78 is 52.6. The first-order chi connectivity index (χ1) is 15.2. The molecule has 0 atom stereocenters. The summed E-state index contributed by atoms with van der Waals surface area (Å²) in [5.74, 6) is -0.0524. The van der Waals surface area contributed by atoms with E-state index in [1.54, 1.807) is 61.2 Å². The number of hydrogen-bond donors (Lipinski definition) is 0. The summed E-state index contributed by atoms with van der Waals surface area (Å²) in [6.45, 7) is 5.32. The van der Waals surface area contributed by atoms with E-state index in [-0.39, 0.29) is 16.6 Å². The highest BCUT2D eigenvalue weighted by molar-refractivity contribution is 7.93. The molecule has 2 aliphatic rings. The zero-order valence-electron chi connectivity index (χ0n) is 18.2. The van der Waals surface area contributed by atoms with Gasteiger partial charge in [-0.25, -0.2) is 16.8 Å². The molecule has 0 aliphatic carbocycles. The second-order valence-corrected chi connectivity index (χ2v) is 11.8. The maximum atomic E-state index is 13.1. The van der Waals surface area contributed by atoms with Crippen LogP contribution in [-0.2, 0) is 26.5 Å². The number of sulfonamides is 2. The number of rotatable bonds is 6. The van der Waals surface area contributed by atoms with Crippen molar-refractivity contribution in [1.29, 1.82) is 0 Å². The first-order valence-electron chi connectivity index (χ1n) is 10.7. The van der Waals surface area contributed by atoms with E-state index >= 15 is 0 Å². The van der Waals surface area contributed by atoms with Crippen molar-refractivity contribution < 1.29 is 21.6 Å². The fourth-order valence-electron chi connectivity index (χ4n) is 4.32. The van der Waals surface area contributed by atoms with Crippen LogP contribution in [0.1, 0.15) is 36.2 Å². The molecular formula is C22H27N3O5S2. The summed E-state index contributed by atoms with van der Waals surface area (Å²) in [5, 5.41) is 0. The Balaban J connectivity index is 1.56. The van der Waals surface area contributed by atoms with Crippen molar-refractivity contribution in [3.63, 3.8) is 0 Å². The molecule has 0 radical (unpaired) electrons. The lowest BCUT2D eigenvalue weighted by molar-refractivity contribution is 0.0989. The minimum absolute atomic E-state index is 0.143. The minimum Gasteiger partial charge on any atom is -0.308 e. The van der Waals surface area contributed by atoms with E-state index in [2.05, 4.69) is 0 Å². The number of fused-ring (bicyclic) bond motifs is 1. The number of carbonyl (C=O) groups excluding carboxylic acids is 1. The fraction of sp³-hybridized carbons (Fsp3) is 0.409. The number of anilines is 2. The van der Waals surface area contributed by atoms with Gasteiger partial charge in [-0.1, -0.05) is 13.8 Å². The van der Waals surface area contributed by atoms with Crippen molar-refractivity contribution in [2.24, 2.45) is 0 Å². The van der Waals surface area contributed by atoms with Gasteiger partial charge >= 0.3 is 0 Å². The molecule has 2 aromatic carbocycles. The molecule has 10 heteroatoms. The van der Waals surface area contributed by atoms with Crippen molar-refractivity contribution in [1.82, 2.24) is 4.31 Å². The van der Waals surface area contributed by atoms with Gasteiger partial charge in [0, 0.05) is 37.4 Å². The molecule has 2 heterocycles. The molecule has 32 heavy (non-hydrogen) atoms. The van der Waals surface area contributed by atoms with Gasteiger partial charge in [0.2, 0.25) is 20.0 Å². The Labute approximate surface area is 189 Å². The molecule has 2 aliphatic heterocycles. The molecule has 0 unspecified atom stereocenters. The van der Waals surface area contributed by atoms with Crippen LogP contribution in [-0.4, -0.2) is 59.0 Å². The Bertz CT molecular complexity index is 1240. The number of carbonyl (C=O) groups is 1. The maximum Gasteiger partial charge on any atom is 0.258 e. The normalized spacial score (nSPS) is 17.7. The zero-order valence-corrected chi connectivity index (χ0v) is 19.8. The number of nitrogens with zero attached hydrogens (tertiary/aromatic N) is 3. The Morgan fingerprint density at radius 1 is 1.03 bits per heavy atom. The van der Waals surface area contributed by atoms with Gasteiger partial charge in [0.1, 0.15) is 0 Å². The van der Waals surface area contributed by atoms with Gasteiger partial charge in [-0.05, 0) is 60.9 Å². The lowest BCUT2D eigenvalue weighted by atomic mass is 10.1. The van der Waals surface area contributed by atoms with Crippen LogP contribution in [0.25, 0.3) is 0 Å². The van der Waals surface area contributed by atoms with Crippen LogP contribution in [0.4, 0.5) is 11.4 Å². The van der Waals surface area contributed by atoms with Crippen LogP contribution < -0.4 is 9.21 Å². The molecule has 0 saturated carbocycles. The summed E-state index contributed by atoms with van der Waals surface area (Å²) in [6, 6.07) is 11.5. The Morgan fingerprint density at radius 3 is 2.31 bits per heavy atom. The highest BCUT2D eigenvalue weighted by Crippen LogP contribution is 2.33. The highest BCUT2D eigenvalue weighted by atomic mass is 32.2. The number of benzene rings is 2. The molecule has 1 amide bonds.